The summed E-state index contributed by atoms with van der Waals surface area (Å²) in [6, 6.07) is 11.8. The van der Waals surface area contributed by atoms with Crippen molar-refractivity contribution in [2.24, 2.45) is 0 Å². The summed E-state index contributed by atoms with van der Waals surface area (Å²) in [5.41, 5.74) is 4.91. The highest BCUT2D eigenvalue weighted by molar-refractivity contribution is 5.95. The van der Waals surface area contributed by atoms with Crippen LogP contribution in [0.3, 0.4) is 0 Å². The molecule has 0 radical (unpaired) electrons. The number of benzene rings is 1. The number of nitriles is 1. The van der Waals surface area contributed by atoms with Crippen LogP contribution in [-0.2, 0) is 17.6 Å². The molecule has 1 aliphatic rings. The quantitative estimate of drug-likeness (QED) is 0.875. The van der Waals surface area contributed by atoms with E-state index in [2.05, 4.69) is 36.2 Å². The number of para-hydroxylation sites is 1. The molecule has 3 rings (SSSR count). The van der Waals surface area contributed by atoms with Crippen molar-refractivity contribution in [1.29, 1.82) is 5.26 Å². The Bertz CT molecular complexity index is 759. The Hall–Kier alpha value is -2.67. The number of carbonyl (C=O) groups excluding carboxylic acids is 1. The van der Waals surface area contributed by atoms with E-state index < -0.39 is 0 Å². The van der Waals surface area contributed by atoms with Gasteiger partial charge in [0, 0.05) is 30.5 Å². The average molecular weight is 305 g/mol. The van der Waals surface area contributed by atoms with E-state index in [0.717, 1.165) is 36.3 Å². The number of hydrogen-bond donors (Lipinski definition) is 0. The third kappa shape index (κ3) is 3.24. The van der Waals surface area contributed by atoms with Gasteiger partial charge in [-0.25, -0.2) is 0 Å². The van der Waals surface area contributed by atoms with E-state index in [4.69, 9.17) is 5.26 Å². The highest BCUT2D eigenvalue weighted by atomic mass is 16.2. The number of rotatable bonds is 3. The SMILES string of the molecule is Cc1cccc2c1N(C(=O)CCc1ccc(C#N)cn1)CCC2. The van der Waals surface area contributed by atoms with Gasteiger partial charge in [0.15, 0.2) is 0 Å². The molecule has 1 aromatic heterocycles. The number of fused-ring (bicyclic) bond motifs is 1. The van der Waals surface area contributed by atoms with Gasteiger partial charge in [0.2, 0.25) is 5.91 Å². The van der Waals surface area contributed by atoms with Crippen molar-refractivity contribution in [3.05, 3.63) is 58.9 Å². The first kappa shape index (κ1) is 15.2. The first-order chi connectivity index (χ1) is 11.2. The van der Waals surface area contributed by atoms with Crippen molar-refractivity contribution in [2.75, 3.05) is 11.4 Å². The predicted molar refractivity (Wildman–Crippen MR) is 89.1 cm³/mol. The van der Waals surface area contributed by atoms with Crippen LogP contribution < -0.4 is 4.90 Å². The molecule has 0 unspecified atom stereocenters. The largest absolute Gasteiger partial charge is 0.312 e. The fourth-order valence-electron chi connectivity index (χ4n) is 3.10. The number of nitrogens with zero attached hydrogens (tertiary/aromatic N) is 3. The van der Waals surface area contributed by atoms with Crippen molar-refractivity contribution < 1.29 is 4.79 Å². The van der Waals surface area contributed by atoms with E-state index in [0.29, 0.717) is 18.4 Å². The van der Waals surface area contributed by atoms with E-state index in [1.54, 1.807) is 12.3 Å². The Balaban J connectivity index is 1.71. The monoisotopic (exact) mass is 305 g/mol. The molecule has 0 N–H and O–H groups in total. The number of aromatic nitrogens is 1. The highest BCUT2D eigenvalue weighted by Gasteiger charge is 2.23. The van der Waals surface area contributed by atoms with Crippen molar-refractivity contribution >= 4 is 11.6 Å². The van der Waals surface area contributed by atoms with Crippen LogP contribution in [0.1, 0.15) is 35.2 Å². The van der Waals surface area contributed by atoms with Gasteiger partial charge < -0.3 is 4.90 Å². The Morgan fingerprint density at radius 1 is 1.35 bits per heavy atom. The van der Waals surface area contributed by atoms with Crippen LogP contribution in [0.25, 0.3) is 0 Å². The standard InChI is InChI=1S/C19H19N3O/c1-14-4-2-5-16-6-3-11-22(19(14)16)18(23)10-9-17-8-7-15(12-20)13-21-17/h2,4-5,7-8,13H,3,6,9-11H2,1H3. The third-order valence-electron chi connectivity index (χ3n) is 4.27. The molecule has 1 aromatic carbocycles. The van der Waals surface area contributed by atoms with E-state index in [1.165, 1.54) is 5.56 Å². The maximum atomic E-state index is 12.7. The van der Waals surface area contributed by atoms with Gasteiger partial charge in [0.1, 0.15) is 6.07 Å². The normalized spacial score (nSPS) is 13.3. The van der Waals surface area contributed by atoms with Gasteiger partial charge in [0.05, 0.1) is 5.56 Å². The number of anilines is 1. The van der Waals surface area contributed by atoms with Gasteiger partial charge in [-0.05, 0) is 49.4 Å². The molecule has 0 spiro atoms. The van der Waals surface area contributed by atoms with Gasteiger partial charge in [-0.1, -0.05) is 18.2 Å². The van der Waals surface area contributed by atoms with E-state index >= 15 is 0 Å². The Kier molecular flexibility index (Phi) is 4.38. The number of hydrogen-bond acceptors (Lipinski definition) is 3. The molecule has 4 nitrogen and oxygen atoms in total. The molecule has 23 heavy (non-hydrogen) atoms. The van der Waals surface area contributed by atoms with Crippen molar-refractivity contribution in [3.8, 4) is 6.07 Å². The summed E-state index contributed by atoms with van der Waals surface area (Å²) in [6.07, 6.45) is 4.64. The molecule has 2 heterocycles. The number of aryl methyl sites for hydroxylation is 3. The lowest BCUT2D eigenvalue weighted by Gasteiger charge is -2.31. The van der Waals surface area contributed by atoms with Crippen molar-refractivity contribution in [2.45, 2.75) is 32.6 Å². The molecule has 0 atom stereocenters. The molecule has 2 aromatic rings. The van der Waals surface area contributed by atoms with Crippen LogP contribution >= 0.6 is 0 Å². The summed E-state index contributed by atoms with van der Waals surface area (Å²) in [5.74, 6) is 0.145. The zero-order chi connectivity index (χ0) is 16.2. The molecule has 116 valence electrons. The molecule has 0 saturated carbocycles. The number of carbonyl (C=O) groups is 1. The molecule has 4 heteroatoms. The van der Waals surface area contributed by atoms with Crippen LogP contribution in [0, 0.1) is 18.3 Å². The summed E-state index contributed by atoms with van der Waals surface area (Å²) < 4.78 is 0. The van der Waals surface area contributed by atoms with Crippen molar-refractivity contribution in [3.63, 3.8) is 0 Å². The van der Waals surface area contributed by atoms with Gasteiger partial charge in [-0.3, -0.25) is 9.78 Å². The van der Waals surface area contributed by atoms with Crippen LogP contribution in [0.5, 0.6) is 0 Å². The molecule has 0 bridgehead atoms. The van der Waals surface area contributed by atoms with E-state index in [9.17, 15) is 4.79 Å². The van der Waals surface area contributed by atoms with Crippen LogP contribution in [0.4, 0.5) is 5.69 Å². The predicted octanol–water partition coefficient (Wildman–Crippen LogP) is 3.17. The van der Waals surface area contributed by atoms with Gasteiger partial charge in [-0.15, -0.1) is 0 Å². The minimum absolute atomic E-state index is 0.145. The zero-order valence-electron chi connectivity index (χ0n) is 13.2. The molecule has 1 aliphatic heterocycles. The summed E-state index contributed by atoms with van der Waals surface area (Å²) in [5, 5.41) is 8.78. The minimum atomic E-state index is 0.145. The fourth-order valence-corrected chi connectivity index (χ4v) is 3.10. The summed E-state index contributed by atoms with van der Waals surface area (Å²) >= 11 is 0. The maximum Gasteiger partial charge on any atom is 0.227 e. The second-order valence-corrected chi connectivity index (χ2v) is 5.88. The summed E-state index contributed by atoms with van der Waals surface area (Å²) in [4.78, 5) is 18.8. The zero-order valence-corrected chi connectivity index (χ0v) is 13.2. The van der Waals surface area contributed by atoms with Crippen LogP contribution in [-0.4, -0.2) is 17.4 Å². The Morgan fingerprint density at radius 3 is 2.96 bits per heavy atom. The summed E-state index contributed by atoms with van der Waals surface area (Å²) in [7, 11) is 0. The molecular weight excluding hydrogens is 286 g/mol. The third-order valence-corrected chi connectivity index (χ3v) is 4.27. The van der Waals surface area contributed by atoms with Crippen LogP contribution in [0.2, 0.25) is 0 Å². The highest BCUT2D eigenvalue weighted by Crippen LogP contribution is 2.31. The molecule has 0 aliphatic carbocycles. The van der Waals surface area contributed by atoms with E-state index in [1.807, 2.05) is 11.0 Å². The lowest BCUT2D eigenvalue weighted by molar-refractivity contribution is -0.118. The Morgan fingerprint density at radius 2 is 2.22 bits per heavy atom. The second kappa shape index (κ2) is 6.62. The second-order valence-electron chi connectivity index (χ2n) is 5.88. The first-order valence-electron chi connectivity index (χ1n) is 7.93. The van der Waals surface area contributed by atoms with Crippen LogP contribution in [0.15, 0.2) is 36.5 Å². The lowest BCUT2D eigenvalue weighted by atomic mass is 9.97. The van der Waals surface area contributed by atoms with Crippen molar-refractivity contribution in [1.82, 2.24) is 4.98 Å². The van der Waals surface area contributed by atoms with Gasteiger partial charge in [-0.2, -0.15) is 5.26 Å². The lowest BCUT2D eigenvalue weighted by Crippen LogP contribution is -2.36. The average Bonchev–Trinajstić information content (AvgIpc) is 2.60. The van der Waals surface area contributed by atoms with Gasteiger partial charge in [0.25, 0.3) is 0 Å². The maximum absolute atomic E-state index is 12.7. The number of amides is 1. The molecular formula is C19H19N3O. The van der Waals surface area contributed by atoms with E-state index in [-0.39, 0.29) is 5.91 Å². The van der Waals surface area contributed by atoms with Gasteiger partial charge >= 0.3 is 0 Å². The Labute approximate surface area is 136 Å². The summed E-state index contributed by atoms with van der Waals surface area (Å²) in [6.45, 7) is 2.85. The molecule has 0 fully saturated rings. The molecule has 0 saturated heterocycles. The topological polar surface area (TPSA) is 57.0 Å². The first-order valence-corrected chi connectivity index (χ1v) is 7.93. The molecule has 1 amide bonds. The number of pyridine rings is 1. The minimum Gasteiger partial charge on any atom is -0.312 e. The fraction of sp³-hybridized carbons (Fsp3) is 0.316. The smallest absolute Gasteiger partial charge is 0.227 e.